The van der Waals surface area contributed by atoms with Gasteiger partial charge in [0.2, 0.25) is 0 Å². The molecule has 1 saturated carbocycles. The zero-order valence-corrected chi connectivity index (χ0v) is 14.6. The molecular formula is C17H36N4. The third-order valence-corrected chi connectivity index (χ3v) is 4.67. The van der Waals surface area contributed by atoms with Crippen molar-refractivity contribution in [3.63, 3.8) is 0 Å². The second-order valence-electron chi connectivity index (χ2n) is 6.33. The number of nitrogens with one attached hydrogen (secondary N) is 2. The van der Waals surface area contributed by atoms with Crippen molar-refractivity contribution in [2.24, 2.45) is 10.9 Å². The van der Waals surface area contributed by atoms with E-state index in [-0.39, 0.29) is 0 Å². The number of hydrogen-bond acceptors (Lipinski definition) is 2. The molecular weight excluding hydrogens is 260 g/mol. The van der Waals surface area contributed by atoms with Gasteiger partial charge in [-0.25, -0.2) is 0 Å². The molecule has 0 spiro atoms. The number of unbranched alkanes of at least 4 members (excludes halogenated alkanes) is 1. The normalized spacial score (nSPS) is 23.4. The van der Waals surface area contributed by atoms with Gasteiger partial charge in [-0.3, -0.25) is 4.99 Å². The summed E-state index contributed by atoms with van der Waals surface area (Å²) in [6.07, 6.45) is 7.72. The Morgan fingerprint density at radius 3 is 2.33 bits per heavy atom. The van der Waals surface area contributed by atoms with Gasteiger partial charge in [-0.1, -0.05) is 20.8 Å². The minimum absolute atomic E-state index is 0.614. The molecule has 1 rings (SSSR count). The summed E-state index contributed by atoms with van der Waals surface area (Å²) in [4.78, 5) is 6.83. The molecule has 21 heavy (non-hydrogen) atoms. The van der Waals surface area contributed by atoms with Crippen molar-refractivity contribution in [3.05, 3.63) is 0 Å². The Morgan fingerprint density at radius 2 is 1.76 bits per heavy atom. The van der Waals surface area contributed by atoms with E-state index in [1.807, 2.05) is 7.05 Å². The monoisotopic (exact) mass is 296 g/mol. The predicted octanol–water partition coefficient (Wildman–Crippen LogP) is 2.85. The van der Waals surface area contributed by atoms with Crippen molar-refractivity contribution in [3.8, 4) is 0 Å². The smallest absolute Gasteiger partial charge is 0.191 e. The summed E-state index contributed by atoms with van der Waals surface area (Å²) in [7, 11) is 1.87. The van der Waals surface area contributed by atoms with Gasteiger partial charge >= 0.3 is 0 Å². The standard InChI is InChI=1S/C17H36N4/c1-5-21(6-2)14-8-7-13-19-17(18-4)20-16-11-9-15(3)10-12-16/h15-16H,5-14H2,1-4H3,(H2,18,19,20). The molecule has 4 heteroatoms. The predicted molar refractivity (Wildman–Crippen MR) is 92.9 cm³/mol. The molecule has 0 bridgehead atoms. The molecule has 0 aromatic heterocycles. The van der Waals surface area contributed by atoms with Crippen LogP contribution in [0.4, 0.5) is 0 Å². The van der Waals surface area contributed by atoms with Crippen LogP contribution < -0.4 is 10.6 Å². The molecule has 0 amide bonds. The van der Waals surface area contributed by atoms with Gasteiger partial charge in [0.25, 0.3) is 0 Å². The number of guanidine groups is 1. The van der Waals surface area contributed by atoms with Gasteiger partial charge in [0.1, 0.15) is 0 Å². The summed E-state index contributed by atoms with van der Waals surface area (Å²) in [5.74, 6) is 1.88. The van der Waals surface area contributed by atoms with Gasteiger partial charge in [0.05, 0.1) is 0 Å². The van der Waals surface area contributed by atoms with E-state index in [1.165, 1.54) is 45.1 Å². The van der Waals surface area contributed by atoms with Crippen molar-refractivity contribution >= 4 is 5.96 Å². The molecule has 0 saturated heterocycles. The molecule has 0 radical (unpaired) electrons. The van der Waals surface area contributed by atoms with Gasteiger partial charge in [0, 0.05) is 19.6 Å². The first-order valence-corrected chi connectivity index (χ1v) is 8.89. The van der Waals surface area contributed by atoms with Gasteiger partial charge < -0.3 is 15.5 Å². The van der Waals surface area contributed by atoms with Crippen molar-refractivity contribution in [2.45, 2.75) is 65.3 Å². The average molecular weight is 297 g/mol. The Labute approximate surface area is 131 Å². The fourth-order valence-electron chi connectivity index (χ4n) is 3.00. The summed E-state index contributed by atoms with van der Waals surface area (Å²) in [6.45, 7) is 11.4. The van der Waals surface area contributed by atoms with Crippen molar-refractivity contribution in [1.29, 1.82) is 0 Å². The molecule has 0 aromatic carbocycles. The zero-order valence-electron chi connectivity index (χ0n) is 14.6. The number of aliphatic imine (C=N–C) groups is 1. The molecule has 1 aliphatic rings. The molecule has 0 aliphatic heterocycles. The maximum atomic E-state index is 4.35. The number of hydrogen-bond donors (Lipinski definition) is 2. The quantitative estimate of drug-likeness (QED) is 0.411. The summed E-state index contributed by atoms with van der Waals surface area (Å²) in [6, 6.07) is 0.614. The third-order valence-electron chi connectivity index (χ3n) is 4.67. The van der Waals surface area contributed by atoms with Crippen LogP contribution in [0.1, 0.15) is 59.3 Å². The lowest BCUT2D eigenvalue weighted by Crippen LogP contribution is -2.45. The Balaban J connectivity index is 2.11. The van der Waals surface area contributed by atoms with Gasteiger partial charge in [-0.15, -0.1) is 0 Å². The topological polar surface area (TPSA) is 39.7 Å². The van der Waals surface area contributed by atoms with Crippen LogP contribution >= 0.6 is 0 Å². The van der Waals surface area contributed by atoms with E-state index in [1.54, 1.807) is 0 Å². The van der Waals surface area contributed by atoms with E-state index in [4.69, 9.17) is 0 Å². The van der Waals surface area contributed by atoms with Crippen LogP contribution in [-0.4, -0.2) is 50.1 Å². The van der Waals surface area contributed by atoms with E-state index in [9.17, 15) is 0 Å². The first-order chi connectivity index (χ1) is 10.2. The Morgan fingerprint density at radius 1 is 1.10 bits per heavy atom. The van der Waals surface area contributed by atoms with Crippen LogP contribution in [0.5, 0.6) is 0 Å². The molecule has 0 heterocycles. The maximum absolute atomic E-state index is 4.35. The SMILES string of the molecule is CCN(CC)CCCCNC(=NC)NC1CCC(C)CC1. The molecule has 0 unspecified atom stereocenters. The molecule has 1 fully saturated rings. The fourth-order valence-corrected chi connectivity index (χ4v) is 3.00. The lowest BCUT2D eigenvalue weighted by molar-refractivity contribution is 0.297. The van der Waals surface area contributed by atoms with Gasteiger partial charge in [-0.05, 0) is 64.1 Å². The first kappa shape index (κ1) is 18.3. The lowest BCUT2D eigenvalue weighted by Gasteiger charge is -2.28. The second-order valence-corrected chi connectivity index (χ2v) is 6.33. The first-order valence-electron chi connectivity index (χ1n) is 8.89. The van der Waals surface area contributed by atoms with E-state index in [0.29, 0.717) is 6.04 Å². The Kier molecular flexibility index (Phi) is 9.48. The minimum Gasteiger partial charge on any atom is -0.356 e. The van der Waals surface area contributed by atoms with Crippen molar-refractivity contribution in [2.75, 3.05) is 33.2 Å². The summed E-state index contributed by atoms with van der Waals surface area (Å²) >= 11 is 0. The van der Waals surface area contributed by atoms with E-state index < -0.39 is 0 Å². The van der Waals surface area contributed by atoms with Crippen molar-refractivity contribution in [1.82, 2.24) is 15.5 Å². The lowest BCUT2D eigenvalue weighted by atomic mass is 9.87. The van der Waals surface area contributed by atoms with Crippen molar-refractivity contribution < 1.29 is 0 Å². The number of nitrogens with zero attached hydrogens (tertiary/aromatic N) is 2. The van der Waals surface area contributed by atoms with E-state index >= 15 is 0 Å². The van der Waals surface area contributed by atoms with Crippen LogP contribution in [0.15, 0.2) is 4.99 Å². The van der Waals surface area contributed by atoms with Crippen LogP contribution in [0.2, 0.25) is 0 Å². The molecule has 0 atom stereocenters. The summed E-state index contributed by atoms with van der Waals surface area (Å²) in [5.41, 5.74) is 0. The van der Waals surface area contributed by atoms with E-state index in [0.717, 1.165) is 31.5 Å². The van der Waals surface area contributed by atoms with Gasteiger partial charge in [0.15, 0.2) is 5.96 Å². The second kappa shape index (κ2) is 10.9. The van der Waals surface area contributed by atoms with E-state index in [2.05, 4.69) is 41.3 Å². The van der Waals surface area contributed by atoms with Crippen LogP contribution in [0.25, 0.3) is 0 Å². The highest BCUT2D eigenvalue weighted by Gasteiger charge is 2.18. The van der Waals surface area contributed by atoms with Crippen LogP contribution in [-0.2, 0) is 0 Å². The Bertz CT molecular complexity index is 279. The average Bonchev–Trinajstić information content (AvgIpc) is 2.51. The maximum Gasteiger partial charge on any atom is 0.191 e. The molecule has 2 N–H and O–H groups in total. The molecule has 1 aliphatic carbocycles. The fraction of sp³-hybridized carbons (Fsp3) is 0.941. The molecule has 0 aromatic rings. The van der Waals surface area contributed by atoms with Crippen LogP contribution in [0, 0.1) is 5.92 Å². The molecule has 124 valence electrons. The largest absolute Gasteiger partial charge is 0.356 e. The third kappa shape index (κ3) is 7.70. The highest BCUT2D eigenvalue weighted by atomic mass is 15.2. The van der Waals surface area contributed by atoms with Gasteiger partial charge in [-0.2, -0.15) is 0 Å². The van der Waals surface area contributed by atoms with Crippen LogP contribution in [0.3, 0.4) is 0 Å². The summed E-state index contributed by atoms with van der Waals surface area (Å²) in [5, 5.41) is 7.03. The molecule has 4 nitrogen and oxygen atoms in total. The number of rotatable bonds is 8. The zero-order chi connectivity index (χ0) is 15.5. The minimum atomic E-state index is 0.614. The Hall–Kier alpha value is -0.770. The highest BCUT2D eigenvalue weighted by molar-refractivity contribution is 5.79. The highest BCUT2D eigenvalue weighted by Crippen LogP contribution is 2.23. The summed E-state index contributed by atoms with van der Waals surface area (Å²) < 4.78 is 0.